The minimum Gasteiger partial charge on any atom is -0.493 e. The van der Waals surface area contributed by atoms with Crippen molar-refractivity contribution in [3.8, 4) is 11.8 Å². The average molecular weight is 425 g/mol. The number of nitrogens with two attached hydrogens (primary N) is 1. The van der Waals surface area contributed by atoms with Gasteiger partial charge >= 0.3 is 11.7 Å². The van der Waals surface area contributed by atoms with Crippen molar-refractivity contribution in [1.82, 2.24) is 24.4 Å². The summed E-state index contributed by atoms with van der Waals surface area (Å²) in [4.78, 5) is 26.6. The summed E-state index contributed by atoms with van der Waals surface area (Å²) in [5, 5.41) is 0. The molecular formula is C22H28N6O3. The van der Waals surface area contributed by atoms with E-state index in [1.165, 1.54) is 11.1 Å². The summed E-state index contributed by atoms with van der Waals surface area (Å²) in [6.45, 7) is 7.79. The van der Waals surface area contributed by atoms with Crippen molar-refractivity contribution < 1.29 is 9.47 Å². The molecule has 31 heavy (non-hydrogen) atoms. The van der Waals surface area contributed by atoms with Crippen LogP contribution in [0, 0.1) is 0 Å². The van der Waals surface area contributed by atoms with E-state index in [4.69, 9.17) is 15.2 Å². The Hall–Kier alpha value is -3.07. The van der Waals surface area contributed by atoms with Crippen molar-refractivity contribution >= 4 is 17.0 Å². The second kappa shape index (κ2) is 7.88. The van der Waals surface area contributed by atoms with Crippen LogP contribution < -0.4 is 20.9 Å². The smallest absolute Gasteiger partial charge is 0.328 e. The Morgan fingerprint density at radius 3 is 2.74 bits per heavy atom. The second-order valence-corrected chi connectivity index (χ2v) is 8.56. The van der Waals surface area contributed by atoms with Crippen molar-refractivity contribution in [3.05, 3.63) is 39.3 Å². The second-order valence-electron chi connectivity index (χ2n) is 8.56. The monoisotopic (exact) mass is 424 g/mol. The van der Waals surface area contributed by atoms with Crippen LogP contribution >= 0.6 is 0 Å². The Bertz CT molecular complexity index is 1180. The van der Waals surface area contributed by atoms with Gasteiger partial charge in [0.2, 0.25) is 0 Å². The van der Waals surface area contributed by atoms with Gasteiger partial charge in [-0.15, -0.1) is 0 Å². The third-order valence-corrected chi connectivity index (χ3v) is 6.12. The maximum Gasteiger partial charge on any atom is 0.328 e. The van der Waals surface area contributed by atoms with Gasteiger partial charge in [-0.3, -0.25) is 9.47 Å². The van der Waals surface area contributed by atoms with Gasteiger partial charge in [-0.25, -0.2) is 4.79 Å². The summed E-state index contributed by atoms with van der Waals surface area (Å²) < 4.78 is 13.5. The number of hydrogen-bond acceptors (Lipinski definition) is 7. The van der Waals surface area contributed by atoms with Crippen molar-refractivity contribution in [2.24, 2.45) is 0 Å². The van der Waals surface area contributed by atoms with Crippen LogP contribution in [0.15, 0.2) is 16.9 Å². The Morgan fingerprint density at radius 1 is 1.13 bits per heavy atom. The SMILES string of the molecule is CC(C)N1CCc2cc3cc(c2C1)OCCCCOc1nc(N)c2[nH]c(=O)n(c2n1)C3. The van der Waals surface area contributed by atoms with Crippen LogP contribution in [0.5, 0.6) is 11.8 Å². The predicted molar refractivity (Wildman–Crippen MR) is 118 cm³/mol. The van der Waals surface area contributed by atoms with Crippen LogP contribution in [0.3, 0.4) is 0 Å². The summed E-state index contributed by atoms with van der Waals surface area (Å²) in [5.41, 5.74) is 10.2. The van der Waals surface area contributed by atoms with Gasteiger partial charge in [0.15, 0.2) is 11.5 Å². The summed E-state index contributed by atoms with van der Waals surface area (Å²) in [7, 11) is 0. The van der Waals surface area contributed by atoms with E-state index in [0.29, 0.717) is 37.0 Å². The summed E-state index contributed by atoms with van der Waals surface area (Å²) in [6.07, 6.45) is 2.63. The fraction of sp³-hybridized carbons (Fsp3) is 0.500. The molecule has 9 heteroatoms. The Balaban J connectivity index is 1.61. The molecule has 0 aliphatic carbocycles. The van der Waals surface area contributed by atoms with Crippen molar-refractivity contribution in [1.29, 1.82) is 0 Å². The molecule has 2 aliphatic rings. The molecule has 0 radical (unpaired) electrons. The van der Waals surface area contributed by atoms with E-state index in [1.807, 2.05) is 0 Å². The third-order valence-electron chi connectivity index (χ3n) is 6.12. The van der Waals surface area contributed by atoms with E-state index in [1.54, 1.807) is 4.57 Å². The quantitative estimate of drug-likeness (QED) is 0.615. The minimum absolute atomic E-state index is 0.190. The number of rotatable bonds is 1. The maximum absolute atomic E-state index is 12.7. The summed E-state index contributed by atoms with van der Waals surface area (Å²) in [6, 6.07) is 4.94. The predicted octanol–water partition coefficient (Wildman–Crippen LogP) is 2.07. The normalized spacial score (nSPS) is 17.3. The molecule has 9 nitrogen and oxygen atoms in total. The molecule has 5 rings (SSSR count). The molecule has 0 fully saturated rings. The maximum atomic E-state index is 12.7. The number of aromatic amines is 1. The molecule has 0 spiro atoms. The van der Waals surface area contributed by atoms with E-state index in [2.05, 4.69) is 45.8 Å². The first-order valence-corrected chi connectivity index (χ1v) is 10.9. The molecule has 0 atom stereocenters. The van der Waals surface area contributed by atoms with Crippen LogP contribution in [-0.4, -0.2) is 50.2 Å². The highest BCUT2D eigenvalue weighted by atomic mass is 16.5. The molecule has 2 aromatic heterocycles. The Morgan fingerprint density at radius 2 is 1.94 bits per heavy atom. The number of nitrogens with one attached hydrogen (secondary N) is 1. The first kappa shape index (κ1) is 19.9. The number of nitrogens with zero attached hydrogens (tertiary/aromatic N) is 4. The number of H-pyrrole nitrogens is 1. The van der Waals surface area contributed by atoms with E-state index in [-0.39, 0.29) is 17.5 Å². The highest BCUT2D eigenvalue weighted by molar-refractivity contribution is 5.82. The van der Waals surface area contributed by atoms with E-state index in [9.17, 15) is 4.79 Å². The third kappa shape index (κ3) is 3.74. The van der Waals surface area contributed by atoms with Gasteiger partial charge in [0.1, 0.15) is 11.3 Å². The number of aromatic nitrogens is 4. The van der Waals surface area contributed by atoms with Crippen molar-refractivity contribution in [3.63, 3.8) is 0 Å². The molecular weight excluding hydrogens is 396 g/mol. The zero-order chi connectivity index (χ0) is 21.5. The zero-order valence-electron chi connectivity index (χ0n) is 18.0. The van der Waals surface area contributed by atoms with Crippen LogP contribution in [0.2, 0.25) is 0 Å². The molecule has 3 aromatic rings. The first-order valence-electron chi connectivity index (χ1n) is 10.9. The number of benzene rings is 1. The van der Waals surface area contributed by atoms with Crippen LogP contribution in [0.1, 0.15) is 43.4 Å². The lowest BCUT2D eigenvalue weighted by molar-refractivity contribution is 0.196. The van der Waals surface area contributed by atoms with Crippen LogP contribution in [-0.2, 0) is 19.5 Å². The number of fused-ring (bicyclic) bond motifs is 5. The lowest BCUT2D eigenvalue weighted by atomic mass is 9.95. The summed E-state index contributed by atoms with van der Waals surface area (Å²) >= 11 is 0. The van der Waals surface area contributed by atoms with Gasteiger partial charge in [-0.05, 0) is 50.3 Å². The lowest BCUT2D eigenvalue weighted by Gasteiger charge is -2.33. The zero-order valence-corrected chi connectivity index (χ0v) is 18.0. The standard InChI is InChI=1S/C22H28N6O3/c1-13(2)27-6-5-15-9-14-10-17(16(15)12-27)30-7-3-4-8-31-21-25-19(23)18-20(26-21)28(11-14)22(29)24-18/h9-10,13H,3-8,11-12H2,1-2H3,(H,24,29)(H2,23,25,26). The summed E-state index contributed by atoms with van der Waals surface area (Å²) in [5.74, 6) is 1.13. The van der Waals surface area contributed by atoms with Gasteiger partial charge in [0, 0.05) is 24.7 Å². The van der Waals surface area contributed by atoms with E-state index in [0.717, 1.165) is 43.7 Å². The molecule has 4 bridgehead atoms. The van der Waals surface area contributed by atoms with Crippen LogP contribution in [0.25, 0.3) is 11.2 Å². The van der Waals surface area contributed by atoms with Gasteiger partial charge in [-0.1, -0.05) is 6.07 Å². The van der Waals surface area contributed by atoms with Gasteiger partial charge < -0.3 is 20.2 Å². The Labute approximate surface area is 180 Å². The molecule has 0 saturated heterocycles. The topological polar surface area (TPSA) is 111 Å². The molecule has 0 saturated carbocycles. The molecule has 2 aliphatic heterocycles. The van der Waals surface area contributed by atoms with Crippen molar-refractivity contribution in [2.75, 3.05) is 25.5 Å². The van der Waals surface area contributed by atoms with E-state index >= 15 is 0 Å². The number of hydrogen-bond donors (Lipinski definition) is 2. The number of ether oxygens (including phenoxy) is 2. The highest BCUT2D eigenvalue weighted by Gasteiger charge is 2.23. The van der Waals surface area contributed by atoms with E-state index < -0.39 is 0 Å². The molecule has 1 aromatic carbocycles. The van der Waals surface area contributed by atoms with Gasteiger partial charge in [0.05, 0.1) is 19.8 Å². The van der Waals surface area contributed by atoms with Gasteiger partial charge in [-0.2, -0.15) is 9.97 Å². The number of nitrogen functional groups attached to an aromatic ring is 1. The molecule has 0 unspecified atom stereocenters. The van der Waals surface area contributed by atoms with Crippen molar-refractivity contribution in [2.45, 2.75) is 52.2 Å². The molecule has 3 N–H and O–H groups in total. The number of anilines is 1. The average Bonchev–Trinajstić information content (AvgIpc) is 3.05. The van der Waals surface area contributed by atoms with Gasteiger partial charge in [0.25, 0.3) is 0 Å². The van der Waals surface area contributed by atoms with Crippen LogP contribution in [0.4, 0.5) is 5.82 Å². The Kier molecular flexibility index (Phi) is 5.05. The first-order chi connectivity index (χ1) is 15.0. The highest BCUT2D eigenvalue weighted by Crippen LogP contribution is 2.32. The molecule has 4 heterocycles. The lowest BCUT2D eigenvalue weighted by Crippen LogP contribution is -2.36. The largest absolute Gasteiger partial charge is 0.493 e. The fourth-order valence-corrected chi connectivity index (χ4v) is 4.35. The number of imidazole rings is 1. The molecule has 0 amide bonds. The fourth-order valence-electron chi connectivity index (χ4n) is 4.35. The molecule has 164 valence electrons. The minimum atomic E-state index is -0.272.